The molecule has 0 aliphatic carbocycles. The molecular weight excluding hydrogens is 466 g/mol. The molecule has 0 spiro atoms. The van der Waals surface area contributed by atoms with E-state index in [1.807, 2.05) is 72.8 Å². The number of hydrogen-bond acceptors (Lipinski definition) is 5. The van der Waals surface area contributed by atoms with Crippen LogP contribution in [-0.4, -0.2) is 37.6 Å². The van der Waals surface area contributed by atoms with E-state index in [-0.39, 0.29) is 5.91 Å². The summed E-state index contributed by atoms with van der Waals surface area (Å²) >= 11 is 0. The van der Waals surface area contributed by atoms with Gasteiger partial charge in [-0.1, -0.05) is 61.9 Å². The predicted octanol–water partition coefficient (Wildman–Crippen LogP) is 5.59. The topological polar surface area (TPSA) is 77.0 Å². The smallest absolute Gasteiger partial charge is 0.220 e. The van der Waals surface area contributed by atoms with E-state index in [0.717, 1.165) is 53.1 Å². The number of ether oxygens (including phenoxy) is 3. The summed E-state index contributed by atoms with van der Waals surface area (Å²) in [4.78, 5) is 12.2. The third kappa shape index (κ3) is 7.34. The van der Waals surface area contributed by atoms with Crippen LogP contribution in [-0.2, 0) is 21.6 Å². The van der Waals surface area contributed by atoms with Crippen molar-refractivity contribution in [3.8, 4) is 11.5 Å². The zero-order valence-corrected chi connectivity index (χ0v) is 22.5. The Morgan fingerprint density at radius 3 is 1.68 bits per heavy atom. The molecule has 0 saturated carbocycles. The Morgan fingerprint density at radius 1 is 0.811 bits per heavy atom. The third-order valence-electron chi connectivity index (χ3n) is 6.25. The summed E-state index contributed by atoms with van der Waals surface area (Å²) in [5.41, 5.74) is 2.46. The average Bonchev–Trinajstić information content (AvgIpc) is 2.90. The lowest BCUT2D eigenvalue weighted by Crippen LogP contribution is -2.41. The number of benzene rings is 3. The number of aliphatic hydroxyl groups is 1. The molecule has 3 rings (SSSR count). The van der Waals surface area contributed by atoms with Gasteiger partial charge in [0, 0.05) is 13.0 Å². The molecule has 1 amide bonds. The number of nitrogens with one attached hydrogen (secondary N) is 1. The number of hydrogen-bond donors (Lipinski definition) is 2. The second-order valence-corrected chi connectivity index (χ2v) is 9.59. The van der Waals surface area contributed by atoms with Gasteiger partial charge in [0.2, 0.25) is 5.91 Å². The standard InChI is InChI=1S/C31H39NO5/c1-6-7-22-32-29(33)21-10-23-8-11-24(12-9-23)31(37-30(2,3)34,25-13-17-27(35-4)18-14-25)26-15-19-28(36-5)20-16-26/h8-9,11-20,34H,6-7,10,21-22H2,1-5H3,(H,32,33). The van der Waals surface area contributed by atoms with E-state index in [0.29, 0.717) is 12.8 Å². The highest BCUT2D eigenvalue weighted by atomic mass is 16.6. The Kier molecular flexibility index (Phi) is 9.73. The Hall–Kier alpha value is -3.35. The number of amides is 1. The van der Waals surface area contributed by atoms with E-state index in [2.05, 4.69) is 12.2 Å². The molecule has 2 N–H and O–H groups in total. The SMILES string of the molecule is CCCCNC(=O)CCc1ccc(C(OC(C)(C)O)(c2ccc(OC)cc2)c2ccc(OC)cc2)cc1. The summed E-state index contributed by atoms with van der Waals surface area (Å²) in [6.07, 6.45) is 3.12. The van der Waals surface area contributed by atoms with Crippen LogP contribution in [0.1, 0.15) is 62.3 Å². The second kappa shape index (κ2) is 12.7. The van der Waals surface area contributed by atoms with Crippen LogP contribution in [0.15, 0.2) is 72.8 Å². The third-order valence-corrected chi connectivity index (χ3v) is 6.25. The number of carbonyl (C=O) groups is 1. The fourth-order valence-electron chi connectivity index (χ4n) is 4.36. The monoisotopic (exact) mass is 505 g/mol. The van der Waals surface area contributed by atoms with Gasteiger partial charge in [0.05, 0.1) is 14.2 Å². The molecule has 6 heteroatoms. The van der Waals surface area contributed by atoms with Gasteiger partial charge in [0.1, 0.15) is 17.1 Å². The van der Waals surface area contributed by atoms with E-state index in [1.165, 1.54) is 0 Å². The lowest BCUT2D eigenvalue weighted by atomic mass is 9.79. The Labute approximate surface area is 220 Å². The number of unbranched alkanes of at least 4 members (excludes halogenated alkanes) is 1. The molecule has 3 aromatic rings. The Bertz CT molecular complexity index is 1070. The summed E-state index contributed by atoms with van der Waals surface area (Å²) in [6.45, 7) is 6.07. The normalized spacial score (nSPS) is 11.7. The fourth-order valence-corrected chi connectivity index (χ4v) is 4.36. The highest BCUT2D eigenvalue weighted by Crippen LogP contribution is 2.44. The van der Waals surface area contributed by atoms with Gasteiger partial charge in [-0.15, -0.1) is 0 Å². The molecule has 0 saturated heterocycles. The second-order valence-electron chi connectivity index (χ2n) is 9.59. The van der Waals surface area contributed by atoms with Crippen molar-refractivity contribution in [1.29, 1.82) is 0 Å². The van der Waals surface area contributed by atoms with Gasteiger partial charge in [-0.25, -0.2) is 0 Å². The molecule has 6 nitrogen and oxygen atoms in total. The molecule has 37 heavy (non-hydrogen) atoms. The molecule has 0 fully saturated rings. The van der Waals surface area contributed by atoms with Gasteiger partial charge in [0.25, 0.3) is 0 Å². The molecule has 0 aliphatic heterocycles. The van der Waals surface area contributed by atoms with Crippen LogP contribution in [0.5, 0.6) is 11.5 Å². The Morgan fingerprint density at radius 2 is 1.27 bits per heavy atom. The molecule has 0 radical (unpaired) electrons. The highest BCUT2D eigenvalue weighted by molar-refractivity contribution is 5.76. The van der Waals surface area contributed by atoms with Crippen molar-refractivity contribution in [2.45, 2.75) is 57.8 Å². The summed E-state index contributed by atoms with van der Waals surface area (Å²) in [6, 6.07) is 23.4. The van der Waals surface area contributed by atoms with E-state index in [4.69, 9.17) is 14.2 Å². The van der Waals surface area contributed by atoms with Crippen LogP contribution in [0.3, 0.4) is 0 Å². The summed E-state index contributed by atoms with van der Waals surface area (Å²) in [7, 11) is 3.25. The van der Waals surface area contributed by atoms with Crippen molar-refractivity contribution >= 4 is 5.91 Å². The van der Waals surface area contributed by atoms with Gasteiger partial charge < -0.3 is 24.6 Å². The van der Waals surface area contributed by atoms with Crippen LogP contribution in [0, 0.1) is 0 Å². The minimum absolute atomic E-state index is 0.0636. The van der Waals surface area contributed by atoms with Crippen molar-refractivity contribution in [2.24, 2.45) is 0 Å². The van der Waals surface area contributed by atoms with Crippen molar-refractivity contribution < 1.29 is 24.1 Å². The van der Waals surface area contributed by atoms with Crippen molar-refractivity contribution in [3.05, 3.63) is 95.1 Å². The fraction of sp³-hybridized carbons (Fsp3) is 0.387. The molecule has 0 aliphatic rings. The van der Waals surface area contributed by atoms with Gasteiger partial charge >= 0.3 is 0 Å². The van der Waals surface area contributed by atoms with Crippen LogP contribution in [0.25, 0.3) is 0 Å². The Balaban J connectivity index is 2.03. The lowest BCUT2D eigenvalue weighted by Gasteiger charge is -2.40. The molecular formula is C31H39NO5. The first-order chi connectivity index (χ1) is 17.7. The molecule has 0 aromatic heterocycles. The number of aryl methyl sites for hydroxylation is 1. The summed E-state index contributed by atoms with van der Waals surface area (Å²) < 4.78 is 17.3. The highest BCUT2D eigenvalue weighted by Gasteiger charge is 2.42. The number of carbonyl (C=O) groups excluding carboxylic acids is 1. The summed E-state index contributed by atoms with van der Waals surface area (Å²) in [5.74, 6) is 0.0647. The maximum absolute atomic E-state index is 12.2. The van der Waals surface area contributed by atoms with Crippen molar-refractivity contribution in [2.75, 3.05) is 20.8 Å². The molecule has 3 aromatic carbocycles. The van der Waals surface area contributed by atoms with Gasteiger partial charge in [-0.2, -0.15) is 0 Å². The largest absolute Gasteiger partial charge is 0.497 e. The molecule has 198 valence electrons. The first-order valence-electron chi connectivity index (χ1n) is 12.8. The van der Waals surface area contributed by atoms with Gasteiger partial charge in [0.15, 0.2) is 5.79 Å². The minimum atomic E-state index is -1.45. The van der Waals surface area contributed by atoms with Crippen LogP contribution in [0.4, 0.5) is 0 Å². The van der Waals surface area contributed by atoms with E-state index >= 15 is 0 Å². The lowest BCUT2D eigenvalue weighted by molar-refractivity contribution is -0.225. The van der Waals surface area contributed by atoms with Crippen molar-refractivity contribution in [3.63, 3.8) is 0 Å². The quantitative estimate of drug-likeness (QED) is 0.180. The first kappa shape index (κ1) is 28.2. The average molecular weight is 506 g/mol. The molecule has 0 unspecified atom stereocenters. The van der Waals surface area contributed by atoms with Crippen LogP contribution >= 0.6 is 0 Å². The van der Waals surface area contributed by atoms with Gasteiger partial charge in [-0.3, -0.25) is 4.79 Å². The summed E-state index contributed by atoms with van der Waals surface area (Å²) in [5, 5.41) is 13.9. The maximum Gasteiger partial charge on any atom is 0.220 e. The number of rotatable bonds is 13. The van der Waals surface area contributed by atoms with E-state index < -0.39 is 11.4 Å². The van der Waals surface area contributed by atoms with Gasteiger partial charge in [-0.05, 0) is 73.2 Å². The van der Waals surface area contributed by atoms with E-state index in [9.17, 15) is 9.90 Å². The molecule has 0 bridgehead atoms. The zero-order chi connectivity index (χ0) is 26.9. The molecule has 0 heterocycles. The van der Waals surface area contributed by atoms with Crippen molar-refractivity contribution in [1.82, 2.24) is 5.32 Å². The first-order valence-corrected chi connectivity index (χ1v) is 12.8. The van der Waals surface area contributed by atoms with E-state index in [1.54, 1.807) is 28.1 Å². The molecule has 0 atom stereocenters. The zero-order valence-electron chi connectivity index (χ0n) is 22.5. The van der Waals surface area contributed by atoms with Crippen LogP contribution in [0.2, 0.25) is 0 Å². The maximum atomic E-state index is 12.2. The minimum Gasteiger partial charge on any atom is -0.497 e. The van der Waals surface area contributed by atoms with Crippen LogP contribution < -0.4 is 14.8 Å². The number of methoxy groups -OCH3 is 2. The predicted molar refractivity (Wildman–Crippen MR) is 146 cm³/mol.